The minimum absolute atomic E-state index is 0.549. The van der Waals surface area contributed by atoms with Crippen molar-refractivity contribution in [2.45, 2.75) is 31.8 Å². The Morgan fingerprint density at radius 1 is 1.41 bits per heavy atom. The quantitative estimate of drug-likeness (QED) is 0.727. The van der Waals surface area contributed by atoms with Crippen molar-refractivity contribution >= 4 is 28.4 Å². The molecule has 0 bridgehead atoms. The zero-order chi connectivity index (χ0) is 11.8. The summed E-state index contributed by atoms with van der Waals surface area (Å²) in [5.41, 5.74) is 0. The lowest BCUT2D eigenvalue weighted by molar-refractivity contribution is 0.202. The minimum Gasteiger partial charge on any atom is -0.350 e. The highest BCUT2D eigenvalue weighted by molar-refractivity contribution is 14.1. The Hall–Kier alpha value is -0.430. The van der Waals surface area contributed by atoms with E-state index in [1.807, 2.05) is 6.20 Å². The molecule has 0 aliphatic carbocycles. The molecule has 3 rings (SSSR count). The van der Waals surface area contributed by atoms with Gasteiger partial charge in [-0.05, 0) is 48.9 Å². The molecule has 1 aromatic rings. The van der Waals surface area contributed by atoms with Crippen molar-refractivity contribution in [3.8, 4) is 0 Å². The third-order valence-electron chi connectivity index (χ3n) is 3.86. The van der Waals surface area contributed by atoms with Crippen LogP contribution in [0.3, 0.4) is 0 Å². The van der Waals surface area contributed by atoms with Crippen molar-refractivity contribution in [3.63, 3.8) is 0 Å². The van der Waals surface area contributed by atoms with Crippen molar-refractivity contribution in [1.29, 1.82) is 0 Å². The Bertz CT molecular complexity index is 411. The summed E-state index contributed by atoms with van der Waals surface area (Å²) in [6, 6.07) is 1.28. The molecule has 17 heavy (non-hydrogen) atoms. The van der Waals surface area contributed by atoms with Gasteiger partial charge in [-0.15, -0.1) is 0 Å². The van der Waals surface area contributed by atoms with Gasteiger partial charge in [0.05, 0.1) is 3.57 Å². The topological polar surface area (TPSA) is 32.3 Å². The lowest BCUT2D eigenvalue weighted by atomic mass is 10.1. The van der Waals surface area contributed by atoms with Crippen LogP contribution in [0.15, 0.2) is 12.5 Å². The van der Waals surface area contributed by atoms with E-state index in [1.54, 1.807) is 6.33 Å². The van der Waals surface area contributed by atoms with Gasteiger partial charge in [-0.3, -0.25) is 4.90 Å². The first-order chi connectivity index (χ1) is 8.25. The first kappa shape index (κ1) is 11.6. The number of fused-ring (bicyclic) bond motifs is 1. The molecule has 2 atom stereocenters. The van der Waals surface area contributed by atoms with Gasteiger partial charge in [0, 0.05) is 31.4 Å². The van der Waals surface area contributed by atoms with Crippen LogP contribution in [-0.4, -0.2) is 46.6 Å². The van der Waals surface area contributed by atoms with Gasteiger partial charge in [0.1, 0.15) is 12.1 Å². The molecule has 2 aliphatic rings. The molecule has 2 saturated heterocycles. The number of rotatable bonds is 1. The maximum Gasteiger partial charge on any atom is 0.145 e. The lowest BCUT2D eigenvalue weighted by Gasteiger charge is -2.43. The third kappa shape index (κ3) is 2.14. The lowest BCUT2D eigenvalue weighted by Crippen LogP contribution is -2.55. The number of nitrogens with zero attached hydrogens (tertiary/aromatic N) is 4. The van der Waals surface area contributed by atoms with Gasteiger partial charge >= 0.3 is 0 Å². The van der Waals surface area contributed by atoms with E-state index in [-0.39, 0.29) is 0 Å². The van der Waals surface area contributed by atoms with E-state index in [9.17, 15) is 0 Å². The second-order valence-corrected chi connectivity index (χ2v) is 6.15. The smallest absolute Gasteiger partial charge is 0.145 e. The summed E-state index contributed by atoms with van der Waals surface area (Å²) in [6.45, 7) is 5.87. The summed E-state index contributed by atoms with van der Waals surface area (Å²) >= 11 is 2.33. The average Bonchev–Trinajstić information content (AvgIpc) is 2.76. The summed E-state index contributed by atoms with van der Waals surface area (Å²) in [5.74, 6) is 1.11. The zero-order valence-corrected chi connectivity index (χ0v) is 12.2. The molecule has 0 spiro atoms. The standard InChI is InChI=1S/C12H17IN4/c1-9-6-16-4-2-3-10(16)7-17(9)12-11(13)5-14-8-15-12/h5,8-10H,2-4,6-7H2,1H3. The Morgan fingerprint density at radius 3 is 3.12 bits per heavy atom. The first-order valence-electron chi connectivity index (χ1n) is 6.22. The molecule has 0 aromatic carbocycles. The number of halogens is 1. The number of piperazine rings is 1. The summed E-state index contributed by atoms with van der Waals surface area (Å²) < 4.78 is 1.16. The van der Waals surface area contributed by atoms with Gasteiger partial charge in [0.15, 0.2) is 0 Å². The predicted octanol–water partition coefficient (Wildman–Crippen LogP) is 1.75. The van der Waals surface area contributed by atoms with Crippen LogP contribution >= 0.6 is 22.6 Å². The van der Waals surface area contributed by atoms with Crippen molar-refractivity contribution in [2.75, 3.05) is 24.5 Å². The highest BCUT2D eigenvalue weighted by Gasteiger charge is 2.35. The second-order valence-electron chi connectivity index (χ2n) is 4.99. The molecule has 1 aromatic heterocycles. The van der Waals surface area contributed by atoms with Gasteiger partial charge in [-0.2, -0.15) is 0 Å². The monoisotopic (exact) mass is 344 g/mol. The Balaban J connectivity index is 1.85. The Morgan fingerprint density at radius 2 is 2.29 bits per heavy atom. The van der Waals surface area contributed by atoms with Crippen LogP contribution in [0.25, 0.3) is 0 Å². The molecule has 4 nitrogen and oxygen atoms in total. The van der Waals surface area contributed by atoms with Crippen molar-refractivity contribution < 1.29 is 0 Å². The fourth-order valence-electron chi connectivity index (χ4n) is 3.00. The number of aromatic nitrogens is 2. The van der Waals surface area contributed by atoms with E-state index in [1.165, 1.54) is 25.9 Å². The number of hydrogen-bond acceptors (Lipinski definition) is 4. The zero-order valence-electron chi connectivity index (χ0n) is 10.0. The maximum atomic E-state index is 4.46. The average molecular weight is 344 g/mol. The highest BCUT2D eigenvalue weighted by atomic mass is 127. The van der Waals surface area contributed by atoms with E-state index in [0.717, 1.165) is 22.0 Å². The highest BCUT2D eigenvalue weighted by Crippen LogP contribution is 2.29. The van der Waals surface area contributed by atoms with E-state index in [4.69, 9.17) is 0 Å². The van der Waals surface area contributed by atoms with Crippen LogP contribution in [0.5, 0.6) is 0 Å². The maximum absolute atomic E-state index is 4.46. The van der Waals surface area contributed by atoms with Crippen LogP contribution in [0.1, 0.15) is 19.8 Å². The van der Waals surface area contributed by atoms with Gasteiger partial charge < -0.3 is 4.90 Å². The minimum atomic E-state index is 0.549. The molecule has 0 amide bonds. The molecule has 5 heteroatoms. The molecule has 0 radical (unpaired) electrons. The SMILES string of the molecule is CC1CN2CCCC2CN1c1ncncc1I. The van der Waals surface area contributed by atoms with Crippen LogP contribution in [0.2, 0.25) is 0 Å². The third-order valence-corrected chi connectivity index (χ3v) is 4.62. The summed E-state index contributed by atoms with van der Waals surface area (Å²) in [4.78, 5) is 13.6. The predicted molar refractivity (Wildman–Crippen MR) is 76.2 cm³/mol. The van der Waals surface area contributed by atoms with Gasteiger partial charge in [-0.1, -0.05) is 0 Å². The van der Waals surface area contributed by atoms with Crippen LogP contribution in [0, 0.1) is 3.57 Å². The van der Waals surface area contributed by atoms with E-state index >= 15 is 0 Å². The summed E-state index contributed by atoms with van der Waals surface area (Å²) in [7, 11) is 0. The molecular weight excluding hydrogens is 327 g/mol. The summed E-state index contributed by atoms with van der Waals surface area (Å²) in [5, 5.41) is 0. The number of hydrogen-bond donors (Lipinski definition) is 0. The van der Waals surface area contributed by atoms with Crippen LogP contribution in [-0.2, 0) is 0 Å². The summed E-state index contributed by atoms with van der Waals surface area (Å²) in [6.07, 6.45) is 6.25. The van der Waals surface area contributed by atoms with E-state index < -0.39 is 0 Å². The fourth-order valence-corrected chi connectivity index (χ4v) is 3.61. The molecule has 0 N–H and O–H groups in total. The molecule has 92 valence electrons. The molecule has 2 aliphatic heterocycles. The molecule has 2 fully saturated rings. The van der Waals surface area contributed by atoms with Crippen LogP contribution < -0.4 is 4.90 Å². The number of anilines is 1. The van der Waals surface area contributed by atoms with Gasteiger partial charge in [0.25, 0.3) is 0 Å². The van der Waals surface area contributed by atoms with Crippen molar-refractivity contribution in [3.05, 3.63) is 16.1 Å². The molecule has 0 saturated carbocycles. The first-order valence-corrected chi connectivity index (χ1v) is 7.30. The van der Waals surface area contributed by atoms with Gasteiger partial charge in [-0.25, -0.2) is 9.97 Å². The van der Waals surface area contributed by atoms with E-state index in [2.05, 4.69) is 49.3 Å². The Kier molecular flexibility index (Phi) is 3.21. The van der Waals surface area contributed by atoms with Crippen LogP contribution in [0.4, 0.5) is 5.82 Å². The molecular formula is C12H17IN4. The normalized spacial score (nSPS) is 29.4. The molecule has 2 unspecified atom stereocenters. The largest absolute Gasteiger partial charge is 0.350 e. The van der Waals surface area contributed by atoms with Crippen molar-refractivity contribution in [1.82, 2.24) is 14.9 Å². The molecule has 3 heterocycles. The fraction of sp³-hybridized carbons (Fsp3) is 0.667. The van der Waals surface area contributed by atoms with Gasteiger partial charge in [0.2, 0.25) is 0 Å². The second kappa shape index (κ2) is 4.68. The van der Waals surface area contributed by atoms with E-state index in [0.29, 0.717) is 6.04 Å². The Labute approximate surface area is 116 Å². The van der Waals surface area contributed by atoms with Crippen molar-refractivity contribution in [2.24, 2.45) is 0 Å².